The Hall–Kier alpha value is -1.10. The number of carbonyl (C=O) groups is 2. The van der Waals surface area contributed by atoms with Crippen LogP contribution in [-0.4, -0.2) is 35.6 Å². The lowest BCUT2D eigenvalue weighted by Gasteiger charge is -2.18. The van der Waals surface area contributed by atoms with Crippen LogP contribution in [0.4, 0.5) is 0 Å². The van der Waals surface area contributed by atoms with E-state index in [1.165, 1.54) is 0 Å². The first-order valence-corrected chi connectivity index (χ1v) is 5.26. The van der Waals surface area contributed by atoms with Crippen molar-refractivity contribution in [3.8, 4) is 0 Å². The van der Waals surface area contributed by atoms with E-state index in [-0.39, 0.29) is 18.4 Å². The number of aliphatic carboxylic acids is 1. The monoisotopic (exact) mass is 216 g/mol. The van der Waals surface area contributed by atoms with Crippen LogP contribution in [0.15, 0.2) is 0 Å². The second-order valence-corrected chi connectivity index (χ2v) is 3.52. The summed E-state index contributed by atoms with van der Waals surface area (Å²) >= 11 is 0. The van der Waals surface area contributed by atoms with Crippen molar-refractivity contribution in [3.05, 3.63) is 0 Å². The fourth-order valence-corrected chi connectivity index (χ4v) is 1.13. The molecule has 0 bridgehead atoms. The summed E-state index contributed by atoms with van der Waals surface area (Å²) in [4.78, 5) is 22.1. The highest BCUT2D eigenvalue weighted by Crippen LogP contribution is 1.97. The fourth-order valence-electron chi connectivity index (χ4n) is 1.13. The summed E-state index contributed by atoms with van der Waals surface area (Å²) in [6, 6.07) is -0.702. The molecule has 0 fully saturated rings. The SMILES string of the molecule is CCNC(=O)CC(NC(C)CC)C(=O)O. The molecule has 2 unspecified atom stereocenters. The van der Waals surface area contributed by atoms with Gasteiger partial charge in [0.05, 0.1) is 6.42 Å². The van der Waals surface area contributed by atoms with Crippen LogP contribution in [0.25, 0.3) is 0 Å². The Bertz CT molecular complexity index is 219. The molecule has 1 amide bonds. The van der Waals surface area contributed by atoms with Crippen LogP contribution < -0.4 is 10.6 Å². The van der Waals surface area contributed by atoms with Crippen molar-refractivity contribution in [2.24, 2.45) is 0 Å². The molecule has 0 aromatic heterocycles. The first-order chi connectivity index (χ1) is 7.01. The van der Waals surface area contributed by atoms with E-state index >= 15 is 0 Å². The van der Waals surface area contributed by atoms with Gasteiger partial charge < -0.3 is 15.7 Å². The second kappa shape index (κ2) is 7.23. The summed E-state index contributed by atoms with van der Waals surface area (Å²) < 4.78 is 0. The third kappa shape index (κ3) is 6.06. The Kier molecular flexibility index (Phi) is 6.70. The zero-order chi connectivity index (χ0) is 11.8. The van der Waals surface area contributed by atoms with Gasteiger partial charge in [-0.3, -0.25) is 9.59 Å². The van der Waals surface area contributed by atoms with Gasteiger partial charge in [0, 0.05) is 12.6 Å². The average molecular weight is 216 g/mol. The molecule has 0 aliphatic carbocycles. The van der Waals surface area contributed by atoms with Crippen LogP contribution in [0.2, 0.25) is 0 Å². The highest BCUT2D eigenvalue weighted by Gasteiger charge is 2.21. The summed E-state index contributed by atoms with van der Waals surface area (Å²) in [5.41, 5.74) is 0. The molecule has 2 atom stereocenters. The van der Waals surface area contributed by atoms with Crippen LogP contribution >= 0.6 is 0 Å². The molecule has 0 spiro atoms. The number of hydrogen-bond donors (Lipinski definition) is 3. The highest BCUT2D eigenvalue weighted by atomic mass is 16.4. The minimum absolute atomic E-state index is 0.0203. The van der Waals surface area contributed by atoms with Gasteiger partial charge in [-0.1, -0.05) is 6.92 Å². The Balaban J connectivity index is 4.16. The lowest BCUT2D eigenvalue weighted by atomic mass is 10.1. The maximum absolute atomic E-state index is 11.2. The van der Waals surface area contributed by atoms with Gasteiger partial charge in [0.1, 0.15) is 6.04 Å². The van der Waals surface area contributed by atoms with Crippen molar-refractivity contribution >= 4 is 11.9 Å². The van der Waals surface area contributed by atoms with E-state index in [0.717, 1.165) is 6.42 Å². The quantitative estimate of drug-likeness (QED) is 0.574. The predicted octanol–water partition coefficient (Wildman–Crippen LogP) is 0.354. The first-order valence-electron chi connectivity index (χ1n) is 5.26. The third-order valence-electron chi connectivity index (χ3n) is 2.16. The van der Waals surface area contributed by atoms with Gasteiger partial charge >= 0.3 is 5.97 Å². The number of hydrogen-bond acceptors (Lipinski definition) is 3. The van der Waals surface area contributed by atoms with E-state index in [1.807, 2.05) is 13.8 Å². The summed E-state index contributed by atoms with van der Waals surface area (Å²) in [6.07, 6.45) is 0.812. The van der Waals surface area contributed by atoms with Gasteiger partial charge in [-0.05, 0) is 20.3 Å². The molecule has 88 valence electrons. The molecule has 0 radical (unpaired) electrons. The van der Waals surface area contributed by atoms with Gasteiger partial charge in [0.25, 0.3) is 0 Å². The van der Waals surface area contributed by atoms with E-state index in [0.29, 0.717) is 6.54 Å². The molecule has 3 N–H and O–H groups in total. The van der Waals surface area contributed by atoms with Crippen molar-refractivity contribution in [2.75, 3.05) is 6.54 Å². The van der Waals surface area contributed by atoms with Gasteiger partial charge in [0.2, 0.25) is 5.91 Å². The van der Waals surface area contributed by atoms with Gasteiger partial charge in [0.15, 0.2) is 0 Å². The van der Waals surface area contributed by atoms with Crippen LogP contribution in [0.3, 0.4) is 0 Å². The molecule has 0 heterocycles. The standard InChI is InChI=1S/C10H20N2O3/c1-4-7(3)12-8(10(14)15)6-9(13)11-5-2/h7-8,12H,4-6H2,1-3H3,(H,11,13)(H,14,15). The number of carboxylic acid groups (broad SMARTS) is 1. The third-order valence-corrected chi connectivity index (χ3v) is 2.16. The van der Waals surface area contributed by atoms with E-state index in [9.17, 15) is 9.59 Å². The van der Waals surface area contributed by atoms with Crippen molar-refractivity contribution in [3.63, 3.8) is 0 Å². The first kappa shape index (κ1) is 13.9. The van der Waals surface area contributed by atoms with E-state index in [4.69, 9.17) is 5.11 Å². The lowest BCUT2D eigenvalue weighted by Crippen LogP contribution is -2.44. The smallest absolute Gasteiger partial charge is 0.321 e. The number of rotatable bonds is 7. The topological polar surface area (TPSA) is 78.4 Å². The predicted molar refractivity (Wildman–Crippen MR) is 57.6 cm³/mol. The Morgan fingerprint density at radius 1 is 1.33 bits per heavy atom. The van der Waals surface area contributed by atoms with Gasteiger partial charge in [-0.25, -0.2) is 0 Å². The molecular formula is C10H20N2O3. The maximum Gasteiger partial charge on any atom is 0.321 e. The molecule has 0 saturated heterocycles. The Morgan fingerprint density at radius 3 is 2.33 bits per heavy atom. The molecule has 5 heteroatoms. The van der Waals surface area contributed by atoms with E-state index < -0.39 is 12.0 Å². The van der Waals surface area contributed by atoms with Crippen LogP contribution in [-0.2, 0) is 9.59 Å². The Labute approximate surface area is 90.2 Å². The van der Waals surface area contributed by atoms with Crippen LogP contribution in [0.5, 0.6) is 0 Å². The van der Waals surface area contributed by atoms with Crippen LogP contribution in [0.1, 0.15) is 33.6 Å². The summed E-state index contributed by atoms with van der Waals surface area (Å²) in [7, 11) is 0. The molecule has 0 aliphatic rings. The number of carbonyl (C=O) groups excluding carboxylic acids is 1. The summed E-state index contributed by atoms with van der Waals surface area (Å²) in [5.74, 6) is -1.22. The van der Waals surface area contributed by atoms with Crippen LogP contribution in [0, 0.1) is 0 Å². The molecule has 15 heavy (non-hydrogen) atoms. The van der Waals surface area contributed by atoms with Gasteiger partial charge in [-0.15, -0.1) is 0 Å². The van der Waals surface area contributed by atoms with Crippen molar-refractivity contribution < 1.29 is 14.7 Å². The van der Waals surface area contributed by atoms with Gasteiger partial charge in [-0.2, -0.15) is 0 Å². The largest absolute Gasteiger partial charge is 0.480 e. The fraction of sp³-hybridized carbons (Fsp3) is 0.800. The minimum Gasteiger partial charge on any atom is -0.480 e. The van der Waals surface area contributed by atoms with Crippen molar-refractivity contribution in [2.45, 2.75) is 45.7 Å². The van der Waals surface area contributed by atoms with Crippen molar-refractivity contribution in [1.82, 2.24) is 10.6 Å². The summed E-state index contributed by atoms with van der Waals surface area (Å²) in [5, 5.41) is 14.4. The lowest BCUT2D eigenvalue weighted by molar-refractivity contribution is -0.141. The van der Waals surface area contributed by atoms with E-state index in [2.05, 4.69) is 10.6 Å². The second-order valence-electron chi connectivity index (χ2n) is 3.52. The molecule has 0 aromatic rings. The average Bonchev–Trinajstić information content (AvgIpc) is 2.16. The number of amides is 1. The molecule has 0 saturated carbocycles. The van der Waals surface area contributed by atoms with Crippen molar-refractivity contribution in [1.29, 1.82) is 0 Å². The number of carboxylic acids is 1. The maximum atomic E-state index is 11.2. The summed E-state index contributed by atoms with van der Waals surface area (Å²) in [6.45, 7) is 6.18. The molecule has 0 aromatic carbocycles. The highest BCUT2D eigenvalue weighted by molar-refractivity contribution is 5.84. The molecule has 5 nitrogen and oxygen atoms in total. The zero-order valence-corrected chi connectivity index (χ0v) is 9.54. The Morgan fingerprint density at radius 2 is 1.93 bits per heavy atom. The number of nitrogens with one attached hydrogen (secondary N) is 2. The molecule has 0 rings (SSSR count). The normalized spacial score (nSPS) is 14.3. The zero-order valence-electron chi connectivity index (χ0n) is 9.54. The minimum atomic E-state index is -0.985. The molecule has 0 aliphatic heterocycles. The van der Waals surface area contributed by atoms with E-state index in [1.54, 1.807) is 6.92 Å². The molecular weight excluding hydrogens is 196 g/mol.